The number of carboxylic acids is 1. The SMILES string of the molecule is CC(C)CCCCCCNC(=O)C(CC(=O)O)NC(=O)OCC1c2ccccc2-c2ccccc21. The van der Waals surface area contributed by atoms with Crippen molar-refractivity contribution in [3.05, 3.63) is 59.7 Å². The van der Waals surface area contributed by atoms with Gasteiger partial charge < -0.3 is 20.5 Å². The summed E-state index contributed by atoms with van der Waals surface area (Å²) in [6, 6.07) is 14.8. The summed E-state index contributed by atoms with van der Waals surface area (Å²) < 4.78 is 5.47. The zero-order valence-corrected chi connectivity index (χ0v) is 20.6. The molecule has 0 spiro atoms. The Morgan fingerprint density at radius 2 is 1.51 bits per heavy atom. The zero-order chi connectivity index (χ0) is 25.2. The standard InChI is InChI=1S/C28H36N2O5/c1-19(2)11-5-3-4-10-16-29-27(33)25(17-26(31)32)30-28(34)35-18-24-22-14-8-6-12-20(22)21-13-7-9-15-23(21)24/h6-9,12-15,19,24-25H,3-5,10-11,16-18H2,1-2H3,(H,29,33)(H,30,34)(H,31,32). The van der Waals surface area contributed by atoms with Gasteiger partial charge >= 0.3 is 12.1 Å². The average Bonchev–Trinajstić information content (AvgIpc) is 3.15. The Kier molecular flexibility index (Phi) is 9.70. The lowest BCUT2D eigenvalue weighted by Gasteiger charge is -2.18. The summed E-state index contributed by atoms with van der Waals surface area (Å²) in [7, 11) is 0. The van der Waals surface area contributed by atoms with E-state index in [1.54, 1.807) is 0 Å². The monoisotopic (exact) mass is 480 g/mol. The van der Waals surface area contributed by atoms with Crippen LogP contribution in [-0.4, -0.2) is 42.3 Å². The van der Waals surface area contributed by atoms with E-state index in [0.717, 1.165) is 47.9 Å². The molecule has 1 unspecified atom stereocenters. The van der Waals surface area contributed by atoms with Crippen LogP contribution in [0.2, 0.25) is 0 Å². The van der Waals surface area contributed by atoms with E-state index in [4.69, 9.17) is 4.74 Å². The van der Waals surface area contributed by atoms with Crippen LogP contribution in [-0.2, 0) is 14.3 Å². The number of aliphatic carboxylic acids is 1. The highest BCUT2D eigenvalue weighted by Gasteiger charge is 2.30. The molecule has 1 aliphatic rings. The van der Waals surface area contributed by atoms with Crippen LogP contribution in [0.25, 0.3) is 11.1 Å². The lowest BCUT2D eigenvalue weighted by atomic mass is 9.98. The summed E-state index contributed by atoms with van der Waals surface area (Å²) in [5.74, 6) is -1.10. The summed E-state index contributed by atoms with van der Waals surface area (Å²) in [5.41, 5.74) is 4.39. The van der Waals surface area contributed by atoms with E-state index in [9.17, 15) is 19.5 Å². The van der Waals surface area contributed by atoms with Gasteiger partial charge in [-0.25, -0.2) is 4.79 Å². The molecule has 35 heavy (non-hydrogen) atoms. The minimum Gasteiger partial charge on any atom is -0.481 e. The third kappa shape index (κ3) is 7.57. The Labute approximate surface area is 207 Å². The minimum absolute atomic E-state index is 0.0949. The predicted octanol–water partition coefficient (Wildman–Crippen LogP) is 5.09. The first kappa shape index (κ1) is 26.3. The Morgan fingerprint density at radius 1 is 0.914 bits per heavy atom. The number of unbranched alkanes of at least 4 members (excludes halogenated alkanes) is 3. The molecule has 3 N–H and O–H groups in total. The normalized spacial score (nSPS) is 13.1. The quantitative estimate of drug-likeness (QED) is 0.346. The van der Waals surface area contributed by atoms with E-state index < -0.39 is 30.4 Å². The van der Waals surface area contributed by atoms with Crippen molar-refractivity contribution in [1.82, 2.24) is 10.6 Å². The van der Waals surface area contributed by atoms with Crippen molar-refractivity contribution < 1.29 is 24.2 Å². The van der Waals surface area contributed by atoms with Crippen LogP contribution >= 0.6 is 0 Å². The molecule has 0 saturated carbocycles. The molecule has 0 fully saturated rings. The molecule has 2 amide bonds. The molecule has 7 heteroatoms. The van der Waals surface area contributed by atoms with Gasteiger partial charge in [0.15, 0.2) is 0 Å². The first-order valence-electron chi connectivity index (χ1n) is 12.5. The number of nitrogens with one attached hydrogen (secondary N) is 2. The number of ether oxygens (including phenoxy) is 1. The molecular weight excluding hydrogens is 444 g/mol. The largest absolute Gasteiger partial charge is 0.481 e. The van der Waals surface area contributed by atoms with Gasteiger partial charge in [-0.05, 0) is 34.6 Å². The smallest absolute Gasteiger partial charge is 0.407 e. The molecule has 2 aromatic carbocycles. The summed E-state index contributed by atoms with van der Waals surface area (Å²) in [4.78, 5) is 36.3. The maximum atomic E-state index is 12.5. The van der Waals surface area contributed by atoms with Crippen molar-refractivity contribution in [3.63, 3.8) is 0 Å². The fourth-order valence-corrected chi connectivity index (χ4v) is 4.53. The molecule has 0 bridgehead atoms. The fraction of sp³-hybridized carbons (Fsp3) is 0.464. The third-order valence-electron chi connectivity index (χ3n) is 6.34. The van der Waals surface area contributed by atoms with Crippen molar-refractivity contribution in [2.45, 2.75) is 64.3 Å². The van der Waals surface area contributed by atoms with Crippen LogP contribution in [0.1, 0.15) is 69.4 Å². The molecule has 0 saturated heterocycles. The van der Waals surface area contributed by atoms with E-state index >= 15 is 0 Å². The summed E-state index contributed by atoms with van der Waals surface area (Å²) in [6.07, 6.45) is 3.95. The first-order chi connectivity index (χ1) is 16.9. The van der Waals surface area contributed by atoms with Crippen molar-refractivity contribution in [3.8, 4) is 11.1 Å². The highest BCUT2D eigenvalue weighted by Crippen LogP contribution is 2.44. The van der Waals surface area contributed by atoms with Gasteiger partial charge in [0.05, 0.1) is 6.42 Å². The lowest BCUT2D eigenvalue weighted by molar-refractivity contribution is -0.139. The minimum atomic E-state index is -1.19. The van der Waals surface area contributed by atoms with Crippen LogP contribution in [0.5, 0.6) is 0 Å². The second-order valence-electron chi connectivity index (χ2n) is 9.51. The lowest BCUT2D eigenvalue weighted by Crippen LogP contribution is -2.48. The summed E-state index contributed by atoms with van der Waals surface area (Å²) in [6.45, 7) is 4.94. The molecule has 2 aromatic rings. The zero-order valence-electron chi connectivity index (χ0n) is 20.6. The van der Waals surface area contributed by atoms with Crippen molar-refractivity contribution in [2.24, 2.45) is 5.92 Å². The fourth-order valence-electron chi connectivity index (χ4n) is 4.53. The predicted molar refractivity (Wildman–Crippen MR) is 135 cm³/mol. The van der Waals surface area contributed by atoms with Gasteiger partial charge in [0.25, 0.3) is 0 Å². The molecule has 1 aliphatic carbocycles. The molecule has 7 nitrogen and oxygen atoms in total. The van der Waals surface area contributed by atoms with Crippen LogP contribution in [0.3, 0.4) is 0 Å². The van der Waals surface area contributed by atoms with Crippen molar-refractivity contribution in [1.29, 1.82) is 0 Å². The van der Waals surface area contributed by atoms with Gasteiger partial charge in [0.2, 0.25) is 5.91 Å². The number of hydrogen-bond acceptors (Lipinski definition) is 4. The van der Waals surface area contributed by atoms with E-state index in [2.05, 4.69) is 24.5 Å². The number of rotatable bonds is 13. The Morgan fingerprint density at radius 3 is 2.11 bits per heavy atom. The Balaban J connectivity index is 1.50. The first-order valence-corrected chi connectivity index (χ1v) is 12.5. The van der Waals surface area contributed by atoms with Crippen LogP contribution in [0.4, 0.5) is 4.79 Å². The van der Waals surface area contributed by atoms with Crippen LogP contribution in [0, 0.1) is 5.92 Å². The van der Waals surface area contributed by atoms with Gasteiger partial charge in [0.1, 0.15) is 12.6 Å². The molecule has 188 valence electrons. The van der Waals surface area contributed by atoms with Crippen LogP contribution < -0.4 is 10.6 Å². The number of fused-ring (bicyclic) bond motifs is 3. The van der Waals surface area contributed by atoms with E-state index in [1.165, 1.54) is 6.42 Å². The van der Waals surface area contributed by atoms with Gasteiger partial charge in [-0.1, -0.05) is 88.1 Å². The maximum absolute atomic E-state index is 12.5. The number of benzene rings is 2. The van der Waals surface area contributed by atoms with Crippen molar-refractivity contribution >= 4 is 18.0 Å². The van der Waals surface area contributed by atoms with Gasteiger partial charge in [-0.2, -0.15) is 0 Å². The van der Waals surface area contributed by atoms with Crippen LogP contribution in [0.15, 0.2) is 48.5 Å². The molecular formula is C28H36N2O5. The number of hydrogen-bond donors (Lipinski definition) is 3. The highest BCUT2D eigenvalue weighted by atomic mass is 16.5. The number of amides is 2. The van der Waals surface area contributed by atoms with Gasteiger partial charge in [0, 0.05) is 12.5 Å². The van der Waals surface area contributed by atoms with E-state index in [-0.39, 0.29) is 12.5 Å². The van der Waals surface area contributed by atoms with Crippen molar-refractivity contribution in [2.75, 3.05) is 13.2 Å². The molecule has 0 heterocycles. The number of carbonyl (C=O) groups excluding carboxylic acids is 2. The molecule has 1 atom stereocenters. The number of alkyl carbamates (subject to hydrolysis) is 1. The summed E-state index contributed by atoms with van der Waals surface area (Å²) in [5, 5.41) is 14.4. The maximum Gasteiger partial charge on any atom is 0.407 e. The van der Waals surface area contributed by atoms with Gasteiger partial charge in [-0.15, -0.1) is 0 Å². The molecule has 3 rings (SSSR count). The molecule has 0 aliphatic heterocycles. The Hall–Kier alpha value is -3.35. The summed E-state index contributed by atoms with van der Waals surface area (Å²) >= 11 is 0. The second-order valence-corrected chi connectivity index (χ2v) is 9.51. The topological polar surface area (TPSA) is 105 Å². The third-order valence-corrected chi connectivity index (χ3v) is 6.34. The second kappa shape index (κ2) is 12.9. The average molecular weight is 481 g/mol. The number of carboxylic acid groups (broad SMARTS) is 1. The Bertz CT molecular complexity index is 974. The molecule has 0 radical (unpaired) electrons. The number of carbonyl (C=O) groups is 3. The van der Waals surface area contributed by atoms with E-state index in [0.29, 0.717) is 12.5 Å². The molecule has 0 aromatic heterocycles. The van der Waals surface area contributed by atoms with E-state index in [1.807, 2.05) is 48.5 Å². The highest BCUT2D eigenvalue weighted by molar-refractivity contribution is 5.89. The van der Waals surface area contributed by atoms with Gasteiger partial charge in [-0.3, -0.25) is 9.59 Å².